The van der Waals surface area contributed by atoms with Gasteiger partial charge in [0.1, 0.15) is 30.8 Å². The smallest absolute Gasteiger partial charge is 0.137 e. The first-order valence-corrected chi connectivity index (χ1v) is 10.8. The van der Waals surface area contributed by atoms with Crippen LogP contribution in [0, 0.1) is 5.92 Å². The van der Waals surface area contributed by atoms with E-state index in [0.29, 0.717) is 12.5 Å². The molecular formula is C24H42BrNO3. The van der Waals surface area contributed by atoms with Gasteiger partial charge in [0.25, 0.3) is 0 Å². The van der Waals surface area contributed by atoms with Crippen LogP contribution in [0.5, 0.6) is 11.5 Å². The summed E-state index contributed by atoms with van der Waals surface area (Å²) in [4.78, 5) is 0. The number of rotatable bonds is 14. The molecule has 0 aliphatic rings. The lowest BCUT2D eigenvalue weighted by molar-refractivity contribution is -0.928. The van der Waals surface area contributed by atoms with Crippen LogP contribution in [0.15, 0.2) is 35.9 Å². The van der Waals surface area contributed by atoms with E-state index in [9.17, 15) is 5.11 Å². The summed E-state index contributed by atoms with van der Waals surface area (Å²) in [5, 5.41) is 10.6. The normalized spacial score (nSPS) is 13.2. The number of methoxy groups -OCH3 is 1. The van der Waals surface area contributed by atoms with Crippen LogP contribution in [-0.2, 0) is 0 Å². The third-order valence-electron chi connectivity index (χ3n) is 5.75. The van der Waals surface area contributed by atoms with Crippen molar-refractivity contribution < 1.29 is 36.0 Å². The third-order valence-corrected chi connectivity index (χ3v) is 5.75. The van der Waals surface area contributed by atoms with Gasteiger partial charge in [-0.1, -0.05) is 18.6 Å². The predicted octanol–water partition coefficient (Wildman–Crippen LogP) is 2.07. The van der Waals surface area contributed by atoms with E-state index in [1.807, 2.05) is 24.3 Å². The quantitative estimate of drug-likeness (QED) is 0.333. The summed E-state index contributed by atoms with van der Waals surface area (Å²) in [7, 11) is 1.65. The first-order valence-electron chi connectivity index (χ1n) is 10.8. The van der Waals surface area contributed by atoms with Gasteiger partial charge in [-0.05, 0) is 77.1 Å². The maximum absolute atomic E-state index is 10.6. The molecule has 0 bridgehead atoms. The molecule has 1 N–H and O–H groups in total. The summed E-state index contributed by atoms with van der Waals surface area (Å²) < 4.78 is 11.9. The first kappa shape index (κ1) is 28.0. The van der Waals surface area contributed by atoms with E-state index in [2.05, 4.69) is 40.7 Å². The Morgan fingerprint density at radius 2 is 1.66 bits per heavy atom. The van der Waals surface area contributed by atoms with Crippen LogP contribution in [0.25, 0.3) is 0 Å². The Bertz CT molecular complexity index is 566. The Kier molecular flexibility index (Phi) is 14.3. The van der Waals surface area contributed by atoms with Crippen LogP contribution < -0.4 is 26.5 Å². The zero-order valence-corrected chi connectivity index (χ0v) is 20.9. The highest BCUT2D eigenvalue weighted by atomic mass is 79.9. The highest BCUT2D eigenvalue weighted by molar-refractivity contribution is 5.31. The van der Waals surface area contributed by atoms with Gasteiger partial charge >= 0.3 is 0 Å². The molecule has 1 aromatic carbocycles. The minimum Gasteiger partial charge on any atom is -1.00 e. The summed E-state index contributed by atoms with van der Waals surface area (Å²) in [6.07, 6.45) is 5.47. The molecule has 0 amide bonds. The molecule has 0 aliphatic carbocycles. The van der Waals surface area contributed by atoms with Crippen molar-refractivity contribution in [2.24, 2.45) is 5.92 Å². The summed E-state index contributed by atoms with van der Waals surface area (Å²) in [6, 6.07) is 7.50. The highest BCUT2D eigenvalue weighted by Crippen LogP contribution is 2.19. The standard InChI is InChI=1S/C24H42NO3.BrH/c1-7-25(8-2,17-16-21(5)11-9-10-20(3)4)18-22(26)19-28-24-14-12-23(27-6)13-15-24;/h10,12-15,21-22,26H,7-9,11,16-19H2,1-6H3;1H/q+1;/p-1. The predicted molar refractivity (Wildman–Crippen MR) is 118 cm³/mol. The second kappa shape index (κ2) is 14.9. The maximum atomic E-state index is 10.6. The number of aliphatic hydroxyl groups excluding tert-OH is 1. The number of nitrogens with zero attached hydrogens (tertiary/aromatic N) is 1. The van der Waals surface area contributed by atoms with E-state index in [1.54, 1.807) is 7.11 Å². The number of aliphatic hydroxyl groups is 1. The fourth-order valence-electron chi connectivity index (χ4n) is 3.55. The average Bonchev–Trinajstić information content (AvgIpc) is 2.69. The fourth-order valence-corrected chi connectivity index (χ4v) is 3.55. The monoisotopic (exact) mass is 471 g/mol. The molecule has 29 heavy (non-hydrogen) atoms. The molecule has 2 unspecified atom stereocenters. The fraction of sp³-hybridized carbons (Fsp3) is 0.667. The van der Waals surface area contributed by atoms with Crippen molar-refractivity contribution in [2.75, 3.05) is 39.9 Å². The Morgan fingerprint density at radius 3 is 2.17 bits per heavy atom. The minimum atomic E-state index is -0.469. The van der Waals surface area contributed by atoms with Crippen LogP contribution in [0.2, 0.25) is 0 Å². The molecule has 0 aromatic heterocycles. The molecule has 2 atom stereocenters. The lowest BCUT2D eigenvalue weighted by Crippen LogP contribution is -3.00. The lowest BCUT2D eigenvalue weighted by atomic mass is 9.99. The average molecular weight is 473 g/mol. The number of benzene rings is 1. The first-order chi connectivity index (χ1) is 13.3. The zero-order chi connectivity index (χ0) is 21.0. The number of hydrogen-bond donors (Lipinski definition) is 1. The number of allylic oxidation sites excluding steroid dienone is 2. The minimum absolute atomic E-state index is 0. The number of ether oxygens (including phenoxy) is 2. The van der Waals surface area contributed by atoms with E-state index < -0.39 is 6.10 Å². The Morgan fingerprint density at radius 1 is 1.07 bits per heavy atom. The molecule has 0 saturated heterocycles. The summed E-state index contributed by atoms with van der Waals surface area (Å²) in [5.41, 5.74) is 1.40. The molecule has 1 rings (SSSR count). The van der Waals surface area contributed by atoms with E-state index in [-0.39, 0.29) is 17.0 Å². The van der Waals surface area contributed by atoms with Crippen molar-refractivity contribution in [3.05, 3.63) is 35.9 Å². The molecular weight excluding hydrogens is 430 g/mol. The van der Waals surface area contributed by atoms with E-state index >= 15 is 0 Å². The van der Waals surface area contributed by atoms with Crippen molar-refractivity contribution in [3.63, 3.8) is 0 Å². The van der Waals surface area contributed by atoms with Gasteiger partial charge in [-0.2, -0.15) is 0 Å². The van der Waals surface area contributed by atoms with Crippen molar-refractivity contribution >= 4 is 0 Å². The topological polar surface area (TPSA) is 38.7 Å². The highest BCUT2D eigenvalue weighted by Gasteiger charge is 2.27. The van der Waals surface area contributed by atoms with Gasteiger partial charge in [0, 0.05) is 0 Å². The molecule has 0 saturated carbocycles. The van der Waals surface area contributed by atoms with Gasteiger partial charge in [-0.15, -0.1) is 0 Å². The summed E-state index contributed by atoms with van der Waals surface area (Å²) >= 11 is 0. The number of hydrogen-bond acceptors (Lipinski definition) is 3. The molecule has 0 spiro atoms. The molecule has 0 fully saturated rings. The largest absolute Gasteiger partial charge is 1.00 e. The Hall–Kier alpha value is -1.04. The van der Waals surface area contributed by atoms with E-state index in [0.717, 1.165) is 42.2 Å². The van der Waals surface area contributed by atoms with Gasteiger partial charge in [-0.3, -0.25) is 0 Å². The molecule has 4 nitrogen and oxygen atoms in total. The van der Waals surface area contributed by atoms with Gasteiger partial charge in [0.15, 0.2) is 0 Å². The van der Waals surface area contributed by atoms with Crippen molar-refractivity contribution in [2.45, 2.75) is 60.0 Å². The second-order valence-electron chi connectivity index (χ2n) is 8.27. The summed E-state index contributed by atoms with van der Waals surface area (Å²) in [6.45, 7) is 15.4. The molecule has 0 aliphatic heterocycles. The van der Waals surface area contributed by atoms with Gasteiger partial charge in [0.2, 0.25) is 0 Å². The Balaban J connectivity index is 0.00000784. The van der Waals surface area contributed by atoms with Crippen molar-refractivity contribution in [1.29, 1.82) is 0 Å². The van der Waals surface area contributed by atoms with Crippen LogP contribution in [-0.4, -0.2) is 55.6 Å². The number of likely N-dealkylation sites (N-methyl/N-ethyl adjacent to an activating group) is 1. The third kappa shape index (κ3) is 11.1. The van der Waals surface area contributed by atoms with Gasteiger partial charge < -0.3 is 36.0 Å². The number of halogens is 1. The summed E-state index contributed by atoms with van der Waals surface area (Å²) in [5.74, 6) is 2.27. The van der Waals surface area contributed by atoms with E-state index in [4.69, 9.17) is 9.47 Å². The van der Waals surface area contributed by atoms with Crippen molar-refractivity contribution in [1.82, 2.24) is 0 Å². The van der Waals surface area contributed by atoms with E-state index in [1.165, 1.54) is 24.8 Å². The Labute approximate surface area is 189 Å². The molecule has 168 valence electrons. The second-order valence-corrected chi connectivity index (χ2v) is 8.27. The molecule has 1 aromatic rings. The van der Waals surface area contributed by atoms with Gasteiger partial charge in [0.05, 0.1) is 26.7 Å². The molecule has 0 heterocycles. The van der Waals surface area contributed by atoms with Gasteiger partial charge in [-0.25, -0.2) is 0 Å². The molecule has 0 radical (unpaired) electrons. The van der Waals surface area contributed by atoms with Crippen LogP contribution in [0.3, 0.4) is 0 Å². The SMILES string of the molecule is CC[N+](CC)(CCC(C)CCC=C(C)C)CC(O)COc1ccc(OC)cc1.[Br-]. The van der Waals surface area contributed by atoms with Crippen LogP contribution in [0.1, 0.15) is 53.9 Å². The van der Waals surface area contributed by atoms with Crippen molar-refractivity contribution in [3.8, 4) is 11.5 Å². The molecule has 5 heteroatoms. The van der Waals surface area contributed by atoms with Crippen LogP contribution in [0.4, 0.5) is 0 Å². The maximum Gasteiger partial charge on any atom is 0.137 e. The number of quaternary nitrogens is 1. The van der Waals surface area contributed by atoms with Crippen LogP contribution >= 0.6 is 0 Å². The lowest BCUT2D eigenvalue weighted by Gasteiger charge is -2.39. The zero-order valence-electron chi connectivity index (χ0n) is 19.3.